The fourth-order valence-electron chi connectivity index (χ4n) is 1.48. The average Bonchev–Trinajstić information content (AvgIpc) is 2.65. The number of anilines is 1. The lowest BCUT2D eigenvalue weighted by Crippen LogP contribution is -2.15. The van der Waals surface area contributed by atoms with Gasteiger partial charge in [-0.25, -0.2) is 17.6 Å². The van der Waals surface area contributed by atoms with Gasteiger partial charge in [-0.05, 0) is 18.2 Å². The summed E-state index contributed by atoms with van der Waals surface area (Å²) in [5.74, 6) is -0.577. The van der Waals surface area contributed by atoms with E-state index in [1.807, 2.05) is 0 Å². The van der Waals surface area contributed by atoms with Crippen LogP contribution in [0.25, 0.3) is 10.2 Å². The molecule has 2 rings (SSSR count). The zero-order chi connectivity index (χ0) is 15.0. The van der Waals surface area contributed by atoms with Crippen LogP contribution in [0.5, 0.6) is 0 Å². The van der Waals surface area contributed by atoms with Crippen molar-refractivity contribution in [2.75, 3.05) is 18.1 Å². The van der Waals surface area contributed by atoms with Gasteiger partial charge in [0.25, 0.3) is 0 Å². The van der Waals surface area contributed by atoms with Gasteiger partial charge in [-0.1, -0.05) is 11.3 Å². The van der Waals surface area contributed by atoms with Crippen molar-refractivity contribution in [3.63, 3.8) is 0 Å². The first-order chi connectivity index (χ1) is 9.17. The minimum atomic E-state index is -4.65. The molecule has 0 spiro atoms. The Morgan fingerprint density at radius 1 is 1.30 bits per heavy atom. The number of rotatable bonds is 5. The molecule has 0 aliphatic heterocycles. The minimum Gasteiger partial charge on any atom is -0.375 e. The molecule has 0 saturated carbocycles. The number of nitrogens with two attached hydrogens (primary N) is 1. The molecule has 8 nitrogen and oxygen atoms in total. The van der Waals surface area contributed by atoms with E-state index in [-0.39, 0.29) is 4.90 Å². The Hall–Kier alpha value is -1.27. The van der Waals surface area contributed by atoms with E-state index in [0.29, 0.717) is 15.3 Å². The topological polar surface area (TPSA) is 137 Å². The second kappa shape index (κ2) is 5.26. The van der Waals surface area contributed by atoms with Crippen LogP contribution in [0.4, 0.5) is 5.13 Å². The Morgan fingerprint density at radius 2 is 2.00 bits per heavy atom. The molecule has 1 aromatic carbocycles. The zero-order valence-corrected chi connectivity index (χ0v) is 12.3. The van der Waals surface area contributed by atoms with E-state index in [4.69, 9.17) is 10.3 Å². The molecule has 0 aliphatic rings. The Balaban J connectivity index is 2.22. The smallest absolute Gasteiger partial charge is 0.375 e. The molecule has 110 valence electrons. The zero-order valence-electron chi connectivity index (χ0n) is 9.88. The molecule has 2 aromatic rings. The van der Waals surface area contributed by atoms with E-state index in [9.17, 15) is 16.8 Å². The molecule has 1 heterocycles. The number of hydrogen-bond donors (Lipinski definition) is 2. The van der Waals surface area contributed by atoms with Crippen LogP contribution in [0.2, 0.25) is 0 Å². The van der Waals surface area contributed by atoms with Crippen LogP contribution >= 0.6 is 11.3 Å². The molecule has 11 heteroatoms. The van der Waals surface area contributed by atoms with Gasteiger partial charge in [0, 0.05) is 0 Å². The number of thiazole rings is 1. The molecular formula is C9H10N2O6S3. The van der Waals surface area contributed by atoms with E-state index in [2.05, 4.69) is 9.17 Å². The van der Waals surface area contributed by atoms with Gasteiger partial charge in [0.05, 0.1) is 27.5 Å². The molecule has 3 N–H and O–H groups in total. The predicted molar refractivity (Wildman–Crippen MR) is 73.6 cm³/mol. The van der Waals surface area contributed by atoms with Gasteiger partial charge < -0.3 is 5.73 Å². The molecule has 0 atom stereocenters. The monoisotopic (exact) mass is 338 g/mol. The molecule has 0 bridgehead atoms. The Kier molecular flexibility index (Phi) is 3.97. The highest BCUT2D eigenvalue weighted by molar-refractivity contribution is 7.91. The second-order valence-electron chi connectivity index (χ2n) is 3.75. The molecule has 1 aromatic heterocycles. The van der Waals surface area contributed by atoms with Crippen LogP contribution in [0, 0.1) is 0 Å². The van der Waals surface area contributed by atoms with E-state index in [0.717, 1.165) is 11.3 Å². The number of fused-ring (bicyclic) bond motifs is 1. The van der Waals surface area contributed by atoms with Crippen molar-refractivity contribution in [3.8, 4) is 0 Å². The number of benzene rings is 1. The van der Waals surface area contributed by atoms with Gasteiger partial charge in [0.2, 0.25) is 0 Å². The van der Waals surface area contributed by atoms with Crippen LogP contribution in [0.3, 0.4) is 0 Å². The highest BCUT2D eigenvalue weighted by atomic mass is 32.3. The maximum Gasteiger partial charge on any atom is 0.397 e. The summed E-state index contributed by atoms with van der Waals surface area (Å²) in [4.78, 5) is 4.00. The van der Waals surface area contributed by atoms with Gasteiger partial charge in [-0.3, -0.25) is 4.55 Å². The van der Waals surface area contributed by atoms with Crippen molar-refractivity contribution in [2.24, 2.45) is 0 Å². The fraction of sp³-hybridized carbons (Fsp3) is 0.222. The summed E-state index contributed by atoms with van der Waals surface area (Å²) in [5, 5.41) is 0.323. The summed E-state index contributed by atoms with van der Waals surface area (Å²) in [6, 6.07) is 4.27. The van der Waals surface area contributed by atoms with Crippen molar-refractivity contribution < 1.29 is 25.6 Å². The third kappa shape index (κ3) is 3.64. The first-order valence-corrected chi connectivity index (χ1v) is 9.01. The highest BCUT2D eigenvalue weighted by Gasteiger charge is 2.17. The largest absolute Gasteiger partial charge is 0.397 e. The van der Waals surface area contributed by atoms with Crippen molar-refractivity contribution in [1.29, 1.82) is 0 Å². The van der Waals surface area contributed by atoms with Crippen molar-refractivity contribution >= 4 is 46.9 Å². The number of nitrogen functional groups attached to an aromatic ring is 1. The SMILES string of the molecule is Nc1nc2ccc(S(=O)(=O)CCOS(=O)(=O)O)cc2s1. The molecule has 0 saturated heterocycles. The van der Waals surface area contributed by atoms with Gasteiger partial charge in [0.1, 0.15) is 0 Å². The summed E-state index contributed by atoms with van der Waals surface area (Å²) in [7, 11) is -8.38. The summed E-state index contributed by atoms with van der Waals surface area (Å²) < 4.78 is 57.6. The Morgan fingerprint density at radius 3 is 2.65 bits per heavy atom. The van der Waals surface area contributed by atoms with Gasteiger partial charge in [-0.15, -0.1) is 0 Å². The summed E-state index contributed by atoms with van der Waals surface area (Å²) in [5.41, 5.74) is 6.11. The maximum absolute atomic E-state index is 12.0. The third-order valence-corrected chi connectivity index (χ3v) is 5.31. The predicted octanol–water partition coefficient (Wildman–Crippen LogP) is 0.472. The average molecular weight is 338 g/mol. The number of nitrogens with zero attached hydrogens (tertiary/aromatic N) is 1. The quantitative estimate of drug-likeness (QED) is 0.751. The molecule has 20 heavy (non-hydrogen) atoms. The van der Waals surface area contributed by atoms with Gasteiger partial charge in [0.15, 0.2) is 15.0 Å². The Bertz CT molecular complexity index is 840. The lowest BCUT2D eigenvalue weighted by atomic mass is 10.3. The van der Waals surface area contributed by atoms with Crippen molar-refractivity contribution in [3.05, 3.63) is 18.2 Å². The Labute approximate surface area is 119 Å². The van der Waals surface area contributed by atoms with E-state index in [1.165, 1.54) is 18.2 Å². The first-order valence-electron chi connectivity index (χ1n) is 5.18. The van der Waals surface area contributed by atoms with Crippen molar-refractivity contribution in [1.82, 2.24) is 4.98 Å². The van der Waals surface area contributed by atoms with E-state index in [1.54, 1.807) is 0 Å². The molecular weight excluding hydrogens is 328 g/mol. The number of aromatic nitrogens is 1. The fourth-order valence-corrected chi connectivity index (χ4v) is 3.84. The number of hydrogen-bond acceptors (Lipinski definition) is 8. The molecule has 0 aliphatic carbocycles. The van der Waals surface area contributed by atoms with Crippen LogP contribution < -0.4 is 5.73 Å². The van der Waals surface area contributed by atoms with Crippen LogP contribution in [-0.2, 0) is 24.4 Å². The van der Waals surface area contributed by atoms with Crippen LogP contribution in [-0.4, -0.2) is 38.7 Å². The van der Waals surface area contributed by atoms with Gasteiger partial charge >= 0.3 is 10.4 Å². The molecule has 0 unspecified atom stereocenters. The normalized spacial score (nSPS) is 12.8. The number of sulfone groups is 1. The lowest BCUT2D eigenvalue weighted by Gasteiger charge is -2.04. The lowest BCUT2D eigenvalue weighted by molar-refractivity contribution is 0.284. The second-order valence-corrected chi connectivity index (χ2v) is 8.01. The van der Waals surface area contributed by atoms with Crippen molar-refractivity contribution in [2.45, 2.75) is 4.90 Å². The maximum atomic E-state index is 12.0. The van der Waals surface area contributed by atoms with Crippen LogP contribution in [0.1, 0.15) is 0 Å². The first kappa shape index (κ1) is 15.1. The molecule has 0 radical (unpaired) electrons. The molecule has 0 amide bonds. The molecule has 0 fully saturated rings. The summed E-state index contributed by atoms with van der Waals surface area (Å²) in [6.07, 6.45) is 0. The van der Waals surface area contributed by atoms with Crippen LogP contribution in [0.15, 0.2) is 23.1 Å². The third-order valence-electron chi connectivity index (χ3n) is 2.32. The van der Waals surface area contributed by atoms with E-state index < -0.39 is 32.6 Å². The van der Waals surface area contributed by atoms with E-state index >= 15 is 0 Å². The minimum absolute atomic E-state index is 0.00703. The summed E-state index contributed by atoms with van der Waals surface area (Å²) in [6.45, 7) is -0.663. The highest BCUT2D eigenvalue weighted by Crippen LogP contribution is 2.26. The standard InChI is InChI=1S/C9H10N2O6S3/c10-9-11-7-2-1-6(5-8(7)18-9)19(12,13)4-3-17-20(14,15)16/h1-2,5H,3-4H2,(H2,10,11)(H,14,15,16). The van der Waals surface area contributed by atoms with Gasteiger partial charge in [-0.2, -0.15) is 8.42 Å². The summed E-state index contributed by atoms with van der Waals surface area (Å²) >= 11 is 1.15.